The van der Waals surface area contributed by atoms with Gasteiger partial charge in [-0.3, -0.25) is 23.6 Å². The van der Waals surface area contributed by atoms with E-state index < -0.39 is 23.3 Å². The molecule has 0 aliphatic heterocycles. The summed E-state index contributed by atoms with van der Waals surface area (Å²) in [4.78, 5) is 58.7. The molecule has 0 radical (unpaired) electrons. The number of hydrogen-bond acceptors (Lipinski definition) is 17. The van der Waals surface area contributed by atoms with Crippen LogP contribution in [0.1, 0.15) is 73.9 Å². The summed E-state index contributed by atoms with van der Waals surface area (Å²) in [5, 5.41) is 30.1. The number of ether oxygens (including phenoxy) is 6. The summed E-state index contributed by atoms with van der Waals surface area (Å²) in [5.41, 5.74) is 7.49. The van der Waals surface area contributed by atoms with Crippen LogP contribution in [0.15, 0.2) is 97.6 Å². The van der Waals surface area contributed by atoms with Gasteiger partial charge in [-0.2, -0.15) is 0 Å². The van der Waals surface area contributed by atoms with E-state index in [1.807, 2.05) is 57.2 Å². The molecule has 0 bridgehead atoms. The van der Waals surface area contributed by atoms with Gasteiger partial charge in [0.25, 0.3) is 5.91 Å². The number of nitrogens with two attached hydrogens (primary N) is 1. The molecule has 0 aliphatic carbocycles. The molecule has 23 heteroatoms. The van der Waals surface area contributed by atoms with Crippen molar-refractivity contribution in [1.82, 2.24) is 54.3 Å². The van der Waals surface area contributed by atoms with Crippen LogP contribution in [0.25, 0.3) is 33.1 Å². The highest BCUT2D eigenvalue weighted by Gasteiger charge is 2.21. The molecule has 23 nitrogen and oxygen atoms in total. The van der Waals surface area contributed by atoms with Crippen LogP contribution in [0, 0.1) is 0 Å². The summed E-state index contributed by atoms with van der Waals surface area (Å²) in [6.07, 6.45) is 5.69. The molecule has 0 spiro atoms. The number of aromatic nitrogens is 8. The van der Waals surface area contributed by atoms with Crippen LogP contribution in [0.3, 0.4) is 0 Å². The van der Waals surface area contributed by atoms with Gasteiger partial charge in [0.2, 0.25) is 0 Å². The third kappa shape index (κ3) is 15.3. The van der Waals surface area contributed by atoms with E-state index in [1.165, 1.54) is 22.1 Å². The molecule has 75 heavy (non-hydrogen) atoms. The van der Waals surface area contributed by atoms with Crippen LogP contribution in [-0.2, 0) is 22.7 Å². The fourth-order valence-electron chi connectivity index (χ4n) is 6.82. The van der Waals surface area contributed by atoms with Crippen LogP contribution in [0.4, 0.5) is 9.59 Å². The molecule has 2 aromatic carbocycles. The Bertz CT molecular complexity index is 3280. The summed E-state index contributed by atoms with van der Waals surface area (Å²) in [6.45, 7) is 12.7. The number of rotatable bonds is 15. The van der Waals surface area contributed by atoms with Gasteiger partial charge in [-0.1, -0.05) is 0 Å². The van der Waals surface area contributed by atoms with Crippen molar-refractivity contribution in [2.24, 2.45) is 5.73 Å². The third-order valence-electron chi connectivity index (χ3n) is 10.6. The summed E-state index contributed by atoms with van der Waals surface area (Å²) in [5.74, 6) is 2.45. The Morgan fingerprint density at radius 1 is 0.627 bits per heavy atom. The number of amides is 3. The van der Waals surface area contributed by atoms with E-state index >= 15 is 0 Å². The first-order chi connectivity index (χ1) is 35.7. The van der Waals surface area contributed by atoms with Crippen LogP contribution in [0.2, 0.25) is 0 Å². The highest BCUT2D eigenvalue weighted by Crippen LogP contribution is 2.29. The minimum Gasteiger partial charge on any atom is -0.497 e. The molecule has 8 rings (SSSR count). The van der Waals surface area contributed by atoms with Crippen molar-refractivity contribution < 1.29 is 52.7 Å². The van der Waals surface area contributed by atoms with Gasteiger partial charge in [0.15, 0.2) is 22.9 Å². The molecule has 0 fully saturated rings. The van der Waals surface area contributed by atoms with E-state index in [4.69, 9.17) is 39.3 Å². The third-order valence-corrected chi connectivity index (χ3v) is 10.6. The zero-order valence-electron chi connectivity index (χ0n) is 43.6. The number of carboxylic acid groups (broad SMARTS) is 1. The molecule has 6 aromatic heterocycles. The Kier molecular flexibility index (Phi) is 18.3. The number of fused-ring (bicyclic) bond motifs is 4. The number of aromatic carboxylic acids is 1. The van der Waals surface area contributed by atoms with Gasteiger partial charge in [-0.25, -0.2) is 14.4 Å². The van der Waals surface area contributed by atoms with Gasteiger partial charge in [-0.05, 0) is 102 Å². The Balaban J connectivity index is 0.000000208. The number of likely N-dealkylation sites (N-methyl/N-ethyl adjacent to an activating group) is 2. The number of methoxy groups -OCH3 is 2. The van der Waals surface area contributed by atoms with Gasteiger partial charge in [-0.15, -0.1) is 20.4 Å². The molecule has 3 amide bonds. The zero-order valence-corrected chi connectivity index (χ0v) is 43.6. The lowest BCUT2D eigenvalue weighted by molar-refractivity contribution is 0.0291. The largest absolute Gasteiger partial charge is 0.497 e. The Morgan fingerprint density at radius 3 is 1.52 bits per heavy atom. The van der Waals surface area contributed by atoms with Crippen molar-refractivity contribution in [2.45, 2.75) is 66.0 Å². The van der Waals surface area contributed by atoms with Crippen molar-refractivity contribution in [2.75, 3.05) is 54.5 Å². The lowest BCUT2D eigenvalue weighted by atomic mass is 10.2. The predicted molar refractivity (Wildman–Crippen MR) is 277 cm³/mol. The molecule has 4 N–H and O–H groups in total. The number of nitrogens with zero attached hydrogens (tertiary/aromatic N) is 10. The number of carboxylic acids is 1. The normalized spacial score (nSPS) is 11.2. The van der Waals surface area contributed by atoms with E-state index in [-0.39, 0.29) is 37.3 Å². The van der Waals surface area contributed by atoms with E-state index in [0.717, 1.165) is 21.8 Å². The highest BCUT2D eigenvalue weighted by atomic mass is 16.6. The van der Waals surface area contributed by atoms with E-state index in [1.54, 1.807) is 107 Å². The highest BCUT2D eigenvalue weighted by molar-refractivity contribution is 5.94. The van der Waals surface area contributed by atoms with Gasteiger partial charge in [0.05, 0.1) is 36.4 Å². The zero-order chi connectivity index (χ0) is 54.5. The summed E-state index contributed by atoms with van der Waals surface area (Å²) in [7, 11) is 6.50. The second-order valence-electron chi connectivity index (χ2n) is 18.6. The van der Waals surface area contributed by atoms with Crippen LogP contribution in [0.5, 0.6) is 23.0 Å². The molecule has 0 atom stereocenters. The average molecular weight is 1030 g/mol. The van der Waals surface area contributed by atoms with Crippen molar-refractivity contribution in [1.29, 1.82) is 0 Å². The fourth-order valence-corrected chi connectivity index (χ4v) is 6.82. The number of carbonyl (C=O) groups excluding carboxylic acids is 3. The number of benzene rings is 2. The summed E-state index contributed by atoms with van der Waals surface area (Å²) in [6, 6.07) is 21.1. The number of hydrogen-bond donors (Lipinski definition) is 3. The maximum atomic E-state index is 12.7. The Hall–Kier alpha value is -8.86. The van der Waals surface area contributed by atoms with Gasteiger partial charge >= 0.3 is 18.2 Å². The topological polar surface area (TPSA) is 275 Å². The average Bonchev–Trinajstić information content (AvgIpc) is 3.99. The first-order valence-corrected chi connectivity index (χ1v) is 23.5. The van der Waals surface area contributed by atoms with Crippen LogP contribution >= 0.6 is 0 Å². The molecule has 0 saturated heterocycles. The van der Waals surface area contributed by atoms with Crippen molar-refractivity contribution in [3.05, 3.63) is 120 Å². The monoisotopic (exact) mass is 1030 g/mol. The first-order valence-electron chi connectivity index (χ1n) is 23.5. The quantitative estimate of drug-likeness (QED) is 0.0948. The minimum absolute atomic E-state index is 0.134. The maximum Gasteiger partial charge on any atom is 0.410 e. The molecule has 0 aliphatic rings. The standard InChI is InChI=1S/C26H30N6O5.C18H14N4O4.C8H18N2O2/c1-26(2,3)37-25(34)31(4)13-12-28-24(33)17-6-9-22-29-30-23(32(22)15-17)16-36-21-10-11-27-20-14-18(35-5)7-8-19(20)21;1-25-12-3-4-13-14(8-12)19-7-6-15(13)26-10-17-21-20-16-5-2-11(18(23)24)9-22(16)17;1-8(2,3)12-7(11)10(4)6-5-9/h6-11,14-15H,12-13,16H2,1-5H3,(H,28,33);2-9H,10H2,1H3,(H,23,24);5-6,9H2,1-4H3. The summed E-state index contributed by atoms with van der Waals surface area (Å²) < 4.78 is 36.1. The summed E-state index contributed by atoms with van der Waals surface area (Å²) >= 11 is 0. The Labute approximate surface area is 432 Å². The first kappa shape index (κ1) is 55.5. The van der Waals surface area contributed by atoms with Crippen molar-refractivity contribution in [3.8, 4) is 23.0 Å². The molecule has 396 valence electrons. The van der Waals surface area contributed by atoms with Gasteiger partial charge in [0, 0.05) is 88.0 Å². The number of nitrogens with one attached hydrogen (secondary N) is 1. The van der Waals surface area contributed by atoms with E-state index in [0.29, 0.717) is 71.1 Å². The van der Waals surface area contributed by atoms with E-state index in [9.17, 15) is 19.2 Å². The lowest BCUT2D eigenvalue weighted by Crippen LogP contribution is -2.39. The molecule has 6 heterocycles. The van der Waals surface area contributed by atoms with Gasteiger partial charge in [0.1, 0.15) is 47.4 Å². The lowest BCUT2D eigenvalue weighted by Gasteiger charge is -2.24. The second kappa shape index (κ2) is 24.7. The predicted octanol–water partition coefficient (Wildman–Crippen LogP) is 6.84. The minimum atomic E-state index is -1.01. The molecule has 0 saturated carbocycles. The Morgan fingerprint density at radius 2 is 1.08 bits per heavy atom. The molecule has 8 aromatic rings. The second-order valence-corrected chi connectivity index (χ2v) is 18.6. The van der Waals surface area contributed by atoms with Crippen LogP contribution < -0.4 is 30.0 Å². The molecular weight excluding hydrogens is 969 g/mol. The molecule has 0 unspecified atom stereocenters. The fraction of sp³-hybridized carbons (Fsp3) is 0.346. The van der Waals surface area contributed by atoms with Crippen molar-refractivity contribution in [3.63, 3.8) is 0 Å². The molecular formula is C52H62N12O11. The number of carbonyl (C=O) groups is 4. The van der Waals surface area contributed by atoms with Gasteiger partial charge < -0.3 is 54.4 Å². The van der Waals surface area contributed by atoms with E-state index in [2.05, 4.69) is 35.7 Å². The maximum absolute atomic E-state index is 12.7. The van der Waals surface area contributed by atoms with Crippen LogP contribution in [-0.4, -0.2) is 144 Å². The smallest absolute Gasteiger partial charge is 0.410 e. The SMILES string of the molecule is CN(CCN)C(=O)OC(C)(C)C.COc1ccc2c(OCc3nnc4ccc(C(=O)NCCN(C)C(=O)OC(C)(C)C)cn34)ccnc2c1.COc1ccc2c(OCc3nnc4ccc(C(=O)O)cn34)ccnc2c1. The van der Waals surface area contributed by atoms with Crippen molar-refractivity contribution >= 4 is 57.2 Å². The number of pyridine rings is 4.